The summed E-state index contributed by atoms with van der Waals surface area (Å²) < 4.78 is 3.51. The number of aryl methyl sites for hydroxylation is 1. The Labute approximate surface area is 106 Å². The maximum atomic E-state index is 3.51. The van der Waals surface area contributed by atoms with Crippen molar-refractivity contribution in [2.24, 2.45) is 0 Å². The molecule has 0 bridgehead atoms. The lowest BCUT2D eigenvalue weighted by Gasteiger charge is -2.05. The molecule has 0 atom stereocenters. The first-order valence-corrected chi connectivity index (χ1v) is 6.85. The van der Waals surface area contributed by atoms with E-state index in [0.29, 0.717) is 0 Å². The predicted octanol–water partition coefficient (Wildman–Crippen LogP) is 4.98. The minimum absolute atomic E-state index is 1.14. The van der Waals surface area contributed by atoms with Crippen LogP contribution in [0, 0.1) is 0 Å². The summed E-state index contributed by atoms with van der Waals surface area (Å²) in [4.78, 5) is 0. The van der Waals surface area contributed by atoms with E-state index in [4.69, 9.17) is 0 Å². The fourth-order valence-electron chi connectivity index (χ4n) is 2.07. The van der Waals surface area contributed by atoms with Gasteiger partial charge in [-0.1, -0.05) is 42.1 Å². The summed E-state index contributed by atoms with van der Waals surface area (Å²) in [6.45, 7) is 3.40. The topological polar surface area (TPSA) is 4.93 Å². The van der Waals surface area contributed by atoms with Gasteiger partial charge in [0, 0.05) is 28.1 Å². The smallest absolute Gasteiger partial charge is 0.0481 e. The number of rotatable bonds is 5. The molecular weight excluding hydrogens is 262 g/mol. The molecule has 2 heteroatoms. The Bertz CT molecular complexity index is 459. The van der Waals surface area contributed by atoms with Gasteiger partial charge in [-0.15, -0.1) is 0 Å². The Morgan fingerprint density at radius 3 is 2.81 bits per heavy atom. The molecule has 2 aromatic rings. The minimum atomic E-state index is 1.14. The number of hydrogen-bond acceptors (Lipinski definition) is 0. The number of halogens is 1. The van der Waals surface area contributed by atoms with Crippen molar-refractivity contribution in [1.82, 2.24) is 4.57 Å². The van der Waals surface area contributed by atoms with E-state index in [-0.39, 0.29) is 0 Å². The van der Waals surface area contributed by atoms with Crippen molar-refractivity contribution in [2.45, 2.75) is 39.2 Å². The van der Waals surface area contributed by atoms with Crippen molar-refractivity contribution in [3.63, 3.8) is 0 Å². The highest BCUT2D eigenvalue weighted by molar-refractivity contribution is 9.10. The van der Waals surface area contributed by atoms with Gasteiger partial charge in [0.05, 0.1) is 0 Å². The molecule has 1 aromatic carbocycles. The van der Waals surface area contributed by atoms with Crippen LogP contribution in [0.3, 0.4) is 0 Å². The zero-order chi connectivity index (χ0) is 11.4. The normalized spacial score (nSPS) is 11.1. The summed E-state index contributed by atoms with van der Waals surface area (Å²) in [6, 6.07) is 8.68. The molecule has 0 saturated carbocycles. The number of benzene rings is 1. The van der Waals surface area contributed by atoms with Crippen LogP contribution in [0.2, 0.25) is 0 Å². The quantitative estimate of drug-likeness (QED) is 0.680. The Balaban J connectivity index is 2.07. The van der Waals surface area contributed by atoms with Gasteiger partial charge < -0.3 is 4.57 Å². The van der Waals surface area contributed by atoms with E-state index in [0.717, 1.165) is 11.0 Å². The van der Waals surface area contributed by atoms with Gasteiger partial charge in [-0.2, -0.15) is 0 Å². The van der Waals surface area contributed by atoms with Crippen LogP contribution in [0.1, 0.15) is 32.6 Å². The van der Waals surface area contributed by atoms with Gasteiger partial charge in [-0.25, -0.2) is 0 Å². The highest BCUT2D eigenvalue weighted by Crippen LogP contribution is 2.21. The number of fused-ring (bicyclic) bond motifs is 1. The number of hydrogen-bond donors (Lipinski definition) is 0. The van der Waals surface area contributed by atoms with Gasteiger partial charge in [0.25, 0.3) is 0 Å². The summed E-state index contributed by atoms with van der Waals surface area (Å²) in [5.74, 6) is 0. The van der Waals surface area contributed by atoms with Crippen molar-refractivity contribution >= 4 is 26.8 Å². The molecule has 86 valence electrons. The second kappa shape index (κ2) is 5.53. The monoisotopic (exact) mass is 279 g/mol. The molecule has 1 aromatic heterocycles. The van der Waals surface area contributed by atoms with Gasteiger partial charge in [-0.05, 0) is 30.7 Å². The van der Waals surface area contributed by atoms with Crippen LogP contribution in [-0.2, 0) is 6.54 Å². The van der Waals surface area contributed by atoms with E-state index < -0.39 is 0 Å². The molecule has 1 nitrogen and oxygen atoms in total. The highest BCUT2D eigenvalue weighted by Gasteiger charge is 2.00. The third-order valence-electron chi connectivity index (χ3n) is 2.99. The first kappa shape index (κ1) is 11.7. The Kier molecular flexibility index (Phi) is 4.05. The van der Waals surface area contributed by atoms with E-state index in [1.54, 1.807) is 0 Å². The molecule has 16 heavy (non-hydrogen) atoms. The van der Waals surface area contributed by atoms with Crippen LogP contribution in [0.5, 0.6) is 0 Å². The molecule has 2 rings (SSSR count). The summed E-state index contributed by atoms with van der Waals surface area (Å²) in [7, 11) is 0. The maximum Gasteiger partial charge on any atom is 0.0481 e. The van der Waals surface area contributed by atoms with Crippen LogP contribution in [0.4, 0.5) is 0 Å². The second-order valence-corrected chi connectivity index (χ2v) is 5.19. The average molecular weight is 280 g/mol. The highest BCUT2D eigenvalue weighted by atomic mass is 79.9. The Morgan fingerprint density at radius 2 is 2.00 bits per heavy atom. The fraction of sp³-hybridized carbons (Fsp3) is 0.429. The Morgan fingerprint density at radius 1 is 1.12 bits per heavy atom. The zero-order valence-electron chi connectivity index (χ0n) is 9.75. The minimum Gasteiger partial charge on any atom is -0.347 e. The van der Waals surface area contributed by atoms with Crippen molar-refractivity contribution in [3.05, 3.63) is 34.9 Å². The first-order valence-electron chi connectivity index (χ1n) is 6.05. The van der Waals surface area contributed by atoms with Gasteiger partial charge in [0.1, 0.15) is 0 Å². The Hall–Kier alpha value is -0.760. The molecule has 0 aliphatic rings. The summed E-state index contributed by atoms with van der Waals surface area (Å²) in [5.41, 5.74) is 1.35. The summed E-state index contributed by atoms with van der Waals surface area (Å²) in [6.07, 6.45) is 7.48. The molecule has 0 spiro atoms. The van der Waals surface area contributed by atoms with E-state index in [9.17, 15) is 0 Å². The standard InChI is InChI=1S/C14H18BrN/c1-2-3-4-5-9-16-10-8-12-11-13(15)6-7-14(12)16/h6-8,10-11H,2-5,9H2,1H3. The van der Waals surface area contributed by atoms with Gasteiger partial charge in [0.15, 0.2) is 0 Å². The third kappa shape index (κ3) is 2.67. The van der Waals surface area contributed by atoms with Gasteiger partial charge in [0.2, 0.25) is 0 Å². The molecule has 0 N–H and O–H groups in total. The van der Waals surface area contributed by atoms with Crippen LogP contribution >= 0.6 is 15.9 Å². The van der Waals surface area contributed by atoms with E-state index in [1.165, 1.54) is 36.6 Å². The van der Waals surface area contributed by atoms with Crippen LogP contribution in [0.15, 0.2) is 34.9 Å². The first-order chi connectivity index (χ1) is 7.81. The van der Waals surface area contributed by atoms with E-state index in [2.05, 4.69) is 57.9 Å². The van der Waals surface area contributed by atoms with E-state index in [1.807, 2.05) is 0 Å². The SMILES string of the molecule is CCCCCCn1ccc2cc(Br)ccc21. The lowest BCUT2D eigenvalue weighted by atomic mass is 10.2. The lowest BCUT2D eigenvalue weighted by Crippen LogP contribution is -1.95. The second-order valence-electron chi connectivity index (χ2n) is 4.27. The summed E-state index contributed by atoms with van der Waals surface area (Å²) >= 11 is 3.51. The molecule has 0 radical (unpaired) electrons. The molecule has 0 saturated heterocycles. The van der Waals surface area contributed by atoms with Crippen molar-refractivity contribution in [1.29, 1.82) is 0 Å². The number of unbranched alkanes of at least 4 members (excludes halogenated alkanes) is 3. The average Bonchev–Trinajstić information content (AvgIpc) is 2.67. The van der Waals surface area contributed by atoms with Crippen molar-refractivity contribution < 1.29 is 0 Å². The van der Waals surface area contributed by atoms with Crippen LogP contribution < -0.4 is 0 Å². The number of aromatic nitrogens is 1. The van der Waals surface area contributed by atoms with E-state index >= 15 is 0 Å². The van der Waals surface area contributed by atoms with Crippen molar-refractivity contribution in [2.75, 3.05) is 0 Å². The third-order valence-corrected chi connectivity index (χ3v) is 3.48. The molecule has 0 aliphatic carbocycles. The lowest BCUT2D eigenvalue weighted by molar-refractivity contribution is 0.593. The molecular formula is C14H18BrN. The number of nitrogens with zero attached hydrogens (tertiary/aromatic N) is 1. The van der Waals surface area contributed by atoms with Crippen LogP contribution in [-0.4, -0.2) is 4.57 Å². The molecule has 0 fully saturated rings. The molecule has 1 heterocycles. The molecule has 0 aliphatic heterocycles. The molecule has 0 amide bonds. The predicted molar refractivity (Wildman–Crippen MR) is 73.8 cm³/mol. The zero-order valence-corrected chi connectivity index (χ0v) is 11.3. The van der Waals surface area contributed by atoms with Crippen LogP contribution in [0.25, 0.3) is 10.9 Å². The summed E-state index contributed by atoms with van der Waals surface area (Å²) in [5, 5.41) is 1.32. The van der Waals surface area contributed by atoms with Crippen molar-refractivity contribution in [3.8, 4) is 0 Å². The maximum absolute atomic E-state index is 3.51. The van der Waals surface area contributed by atoms with Gasteiger partial charge >= 0.3 is 0 Å². The fourth-order valence-corrected chi connectivity index (χ4v) is 2.45. The van der Waals surface area contributed by atoms with Gasteiger partial charge in [-0.3, -0.25) is 0 Å². The largest absolute Gasteiger partial charge is 0.347 e. The molecule has 0 unspecified atom stereocenters.